The summed E-state index contributed by atoms with van der Waals surface area (Å²) in [6.07, 6.45) is 1.64. The van der Waals surface area contributed by atoms with Gasteiger partial charge in [-0.2, -0.15) is 0 Å². The average Bonchev–Trinajstić information content (AvgIpc) is 3.10. The minimum atomic E-state index is -1.22. The van der Waals surface area contributed by atoms with Gasteiger partial charge in [0.05, 0.1) is 7.11 Å². The van der Waals surface area contributed by atoms with Crippen molar-refractivity contribution in [3.8, 4) is 5.75 Å². The van der Waals surface area contributed by atoms with E-state index in [1.54, 1.807) is 14.0 Å². The van der Waals surface area contributed by atoms with Crippen LogP contribution in [-0.4, -0.2) is 23.7 Å². The molecule has 4 nitrogen and oxygen atoms in total. The fourth-order valence-electron chi connectivity index (χ4n) is 2.35. The number of hydrogen-bond donors (Lipinski definition) is 2. The molecule has 1 aromatic carbocycles. The zero-order valence-corrected chi connectivity index (χ0v) is 10.1. The molecule has 0 aromatic heterocycles. The molecule has 1 aliphatic rings. The molecule has 17 heavy (non-hydrogen) atoms. The van der Waals surface area contributed by atoms with Crippen molar-refractivity contribution in [3.05, 3.63) is 29.8 Å². The predicted molar refractivity (Wildman–Crippen MR) is 64.1 cm³/mol. The monoisotopic (exact) mass is 235 g/mol. The third kappa shape index (κ3) is 1.69. The second kappa shape index (κ2) is 3.74. The number of nitrogens with two attached hydrogens (primary N) is 1. The van der Waals surface area contributed by atoms with Crippen LogP contribution in [0.3, 0.4) is 0 Å². The highest BCUT2D eigenvalue weighted by Gasteiger charge is 2.60. The van der Waals surface area contributed by atoms with Crippen LogP contribution in [0, 0.1) is 0 Å². The average molecular weight is 235 g/mol. The van der Waals surface area contributed by atoms with Crippen molar-refractivity contribution >= 4 is 5.97 Å². The van der Waals surface area contributed by atoms with Crippen LogP contribution in [0.15, 0.2) is 24.3 Å². The lowest BCUT2D eigenvalue weighted by atomic mass is 9.78. The van der Waals surface area contributed by atoms with E-state index >= 15 is 0 Å². The quantitative estimate of drug-likeness (QED) is 0.830. The molecular weight excluding hydrogens is 218 g/mol. The van der Waals surface area contributed by atoms with Crippen molar-refractivity contribution in [3.63, 3.8) is 0 Å². The molecule has 1 saturated carbocycles. The lowest BCUT2D eigenvalue weighted by Crippen LogP contribution is -2.54. The van der Waals surface area contributed by atoms with Gasteiger partial charge in [0.1, 0.15) is 11.3 Å². The number of aliphatic carboxylic acids is 1. The Labute approximate surface area is 100 Å². The van der Waals surface area contributed by atoms with Crippen molar-refractivity contribution in [1.82, 2.24) is 0 Å². The van der Waals surface area contributed by atoms with Crippen LogP contribution < -0.4 is 10.5 Å². The number of benzene rings is 1. The Bertz CT molecular complexity index is 432. The van der Waals surface area contributed by atoms with Crippen LogP contribution >= 0.6 is 0 Å². The van der Waals surface area contributed by atoms with Crippen molar-refractivity contribution in [2.24, 2.45) is 5.73 Å². The van der Waals surface area contributed by atoms with Crippen LogP contribution in [0.25, 0.3) is 0 Å². The molecule has 3 N–H and O–H groups in total. The normalized spacial score (nSPS) is 20.4. The fourth-order valence-corrected chi connectivity index (χ4v) is 2.35. The Morgan fingerprint density at radius 2 is 1.94 bits per heavy atom. The number of methoxy groups -OCH3 is 1. The van der Waals surface area contributed by atoms with Crippen molar-refractivity contribution in [2.75, 3.05) is 7.11 Å². The molecule has 1 atom stereocenters. The first-order valence-corrected chi connectivity index (χ1v) is 5.61. The maximum absolute atomic E-state index is 11.3. The molecule has 1 fully saturated rings. The minimum Gasteiger partial charge on any atom is -0.497 e. The van der Waals surface area contributed by atoms with E-state index in [1.165, 1.54) is 0 Å². The molecule has 1 aliphatic carbocycles. The first-order valence-electron chi connectivity index (χ1n) is 5.61. The molecule has 0 bridgehead atoms. The van der Waals surface area contributed by atoms with Gasteiger partial charge in [0.15, 0.2) is 0 Å². The van der Waals surface area contributed by atoms with Crippen LogP contribution in [0.4, 0.5) is 0 Å². The van der Waals surface area contributed by atoms with Crippen LogP contribution in [0.1, 0.15) is 25.3 Å². The van der Waals surface area contributed by atoms with Gasteiger partial charge in [-0.1, -0.05) is 12.1 Å². The standard InChI is InChI=1S/C13H17NO3/c1-12(14,11(15)16)13(7-8-13)9-3-5-10(17-2)6-4-9/h3-6H,7-8,14H2,1-2H3,(H,15,16). The highest BCUT2D eigenvalue weighted by Crippen LogP contribution is 2.55. The predicted octanol–water partition coefficient (Wildman–Crippen LogP) is 1.53. The summed E-state index contributed by atoms with van der Waals surface area (Å²) in [7, 11) is 1.60. The summed E-state index contributed by atoms with van der Waals surface area (Å²) in [6, 6.07) is 7.49. The number of rotatable bonds is 4. The molecule has 1 aromatic rings. The van der Waals surface area contributed by atoms with E-state index in [1.807, 2.05) is 24.3 Å². The van der Waals surface area contributed by atoms with E-state index in [4.69, 9.17) is 10.5 Å². The largest absolute Gasteiger partial charge is 0.497 e. The lowest BCUT2D eigenvalue weighted by Gasteiger charge is -2.30. The summed E-state index contributed by atoms with van der Waals surface area (Å²) >= 11 is 0. The Kier molecular flexibility index (Phi) is 2.62. The van der Waals surface area contributed by atoms with Gasteiger partial charge in [-0.3, -0.25) is 4.79 Å². The van der Waals surface area contributed by atoms with E-state index in [0.29, 0.717) is 0 Å². The fraction of sp³-hybridized carbons (Fsp3) is 0.462. The summed E-state index contributed by atoms with van der Waals surface area (Å²) in [5.74, 6) is -0.190. The van der Waals surface area contributed by atoms with E-state index in [2.05, 4.69) is 0 Å². The topological polar surface area (TPSA) is 72.5 Å². The smallest absolute Gasteiger partial charge is 0.324 e. The zero-order chi connectivity index (χ0) is 12.7. The first kappa shape index (κ1) is 11.9. The molecule has 0 saturated heterocycles. The van der Waals surface area contributed by atoms with Gasteiger partial charge in [-0.25, -0.2) is 0 Å². The van der Waals surface area contributed by atoms with Gasteiger partial charge < -0.3 is 15.6 Å². The van der Waals surface area contributed by atoms with Crippen molar-refractivity contribution in [1.29, 1.82) is 0 Å². The molecule has 0 aliphatic heterocycles. The molecule has 0 heterocycles. The summed E-state index contributed by atoms with van der Waals surface area (Å²) in [5, 5.41) is 9.23. The third-order valence-corrected chi connectivity index (χ3v) is 3.83. The number of hydrogen-bond acceptors (Lipinski definition) is 3. The molecule has 0 spiro atoms. The lowest BCUT2D eigenvalue weighted by molar-refractivity contribution is -0.144. The molecule has 0 radical (unpaired) electrons. The van der Waals surface area contributed by atoms with Gasteiger partial charge in [-0.15, -0.1) is 0 Å². The number of carbonyl (C=O) groups is 1. The molecule has 0 amide bonds. The van der Waals surface area contributed by atoms with E-state index in [0.717, 1.165) is 24.2 Å². The van der Waals surface area contributed by atoms with E-state index in [-0.39, 0.29) is 0 Å². The van der Waals surface area contributed by atoms with Crippen molar-refractivity contribution < 1.29 is 14.6 Å². The summed E-state index contributed by atoms with van der Waals surface area (Å²) in [4.78, 5) is 11.3. The third-order valence-electron chi connectivity index (χ3n) is 3.83. The minimum absolute atomic E-state index is 0.425. The molecular formula is C13H17NO3. The molecule has 92 valence electrons. The van der Waals surface area contributed by atoms with Gasteiger partial charge >= 0.3 is 5.97 Å². The van der Waals surface area contributed by atoms with Gasteiger partial charge in [-0.05, 0) is 37.5 Å². The zero-order valence-electron chi connectivity index (χ0n) is 10.1. The SMILES string of the molecule is COc1ccc(C2(C(C)(N)C(=O)O)CC2)cc1. The summed E-state index contributed by atoms with van der Waals surface area (Å²) in [5.41, 5.74) is 5.30. The van der Waals surface area contributed by atoms with Crippen LogP contribution in [0.2, 0.25) is 0 Å². The van der Waals surface area contributed by atoms with Gasteiger partial charge in [0.25, 0.3) is 0 Å². The summed E-state index contributed by atoms with van der Waals surface area (Å²) in [6.45, 7) is 1.59. The molecule has 2 rings (SSSR count). The Balaban J connectivity index is 2.35. The summed E-state index contributed by atoms with van der Waals surface area (Å²) < 4.78 is 5.09. The molecule has 1 unspecified atom stereocenters. The van der Waals surface area contributed by atoms with Crippen molar-refractivity contribution in [2.45, 2.75) is 30.7 Å². The number of ether oxygens (including phenoxy) is 1. The number of carboxylic acids is 1. The Morgan fingerprint density at radius 1 is 1.41 bits per heavy atom. The second-order valence-corrected chi connectivity index (χ2v) is 4.82. The highest BCUT2D eigenvalue weighted by molar-refractivity contribution is 5.82. The maximum Gasteiger partial charge on any atom is 0.324 e. The Hall–Kier alpha value is -1.55. The van der Waals surface area contributed by atoms with Crippen LogP contribution in [0.5, 0.6) is 5.75 Å². The van der Waals surface area contributed by atoms with Gasteiger partial charge in [0, 0.05) is 5.41 Å². The van der Waals surface area contributed by atoms with Crippen LogP contribution in [-0.2, 0) is 10.2 Å². The second-order valence-electron chi connectivity index (χ2n) is 4.82. The molecule has 4 heteroatoms. The highest BCUT2D eigenvalue weighted by atomic mass is 16.5. The Morgan fingerprint density at radius 3 is 2.29 bits per heavy atom. The van der Waals surface area contributed by atoms with Gasteiger partial charge in [0.2, 0.25) is 0 Å². The van der Waals surface area contributed by atoms with E-state index < -0.39 is 16.9 Å². The number of carboxylic acid groups (broad SMARTS) is 1. The maximum atomic E-state index is 11.3. The first-order chi connectivity index (χ1) is 7.94. The van der Waals surface area contributed by atoms with E-state index in [9.17, 15) is 9.90 Å².